The van der Waals surface area contributed by atoms with Gasteiger partial charge in [-0.05, 0) is 33.2 Å². The third-order valence-corrected chi connectivity index (χ3v) is 3.79. The first kappa shape index (κ1) is 13.4. The number of hydrogen-bond acceptors (Lipinski definition) is 3. The summed E-state index contributed by atoms with van der Waals surface area (Å²) in [6, 6.07) is 26.9. The van der Waals surface area contributed by atoms with Crippen LogP contribution in [0.1, 0.15) is 0 Å². The van der Waals surface area contributed by atoms with E-state index in [1.54, 1.807) is 11.0 Å². The highest BCUT2D eigenvalue weighted by Gasteiger charge is 2.14. The van der Waals surface area contributed by atoms with Crippen molar-refractivity contribution in [1.29, 1.82) is 0 Å². The van der Waals surface area contributed by atoms with Crippen molar-refractivity contribution < 1.29 is 0 Å². The molecule has 0 fully saturated rings. The number of nitrogens with zero attached hydrogens (tertiary/aromatic N) is 4. The van der Waals surface area contributed by atoms with Gasteiger partial charge < -0.3 is 0 Å². The topological polar surface area (TPSA) is 43.6 Å². The Kier molecular flexibility index (Phi) is 3.41. The van der Waals surface area contributed by atoms with Gasteiger partial charge >= 0.3 is 0 Å². The molecule has 4 aromatic rings. The van der Waals surface area contributed by atoms with Crippen LogP contribution in [0.15, 0.2) is 85.2 Å². The summed E-state index contributed by atoms with van der Waals surface area (Å²) in [6.07, 6.45) is 1.62. The molecule has 4 nitrogen and oxygen atoms in total. The van der Waals surface area contributed by atoms with Crippen LogP contribution in [-0.2, 0) is 0 Å². The van der Waals surface area contributed by atoms with Crippen LogP contribution >= 0.6 is 0 Å². The van der Waals surface area contributed by atoms with Gasteiger partial charge in [-0.3, -0.25) is 0 Å². The van der Waals surface area contributed by atoms with E-state index in [-0.39, 0.29) is 0 Å². The van der Waals surface area contributed by atoms with Gasteiger partial charge in [-0.1, -0.05) is 72.8 Å². The van der Waals surface area contributed by atoms with Crippen molar-refractivity contribution in [2.45, 2.75) is 0 Å². The zero-order valence-electron chi connectivity index (χ0n) is 12.4. The highest BCUT2D eigenvalue weighted by Crippen LogP contribution is 2.36. The Labute approximate surface area is 134 Å². The maximum atomic E-state index is 4.06. The minimum atomic E-state index is 0.961. The van der Waals surface area contributed by atoms with Crippen molar-refractivity contribution in [1.82, 2.24) is 20.2 Å². The molecule has 1 aromatic heterocycles. The Morgan fingerprint density at radius 1 is 0.652 bits per heavy atom. The summed E-state index contributed by atoms with van der Waals surface area (Å²) in [5.41, 5.74) is 5.54. The standard InChI is InChI=1S/C19H14N4/c1-3-8-15(9-4-1)17-12-7-13-18(23-14-20-21-22-23)19(17)16-10-5-2-6-11-16/h1-14H. The Bertz CT molecular complexity index is 901. The molecule has 0 aliphatic heterocycles. The molecule has 0 saturated carbocycles. The number of rotatable bonds is 3. The van der Waals surface area contributed by atoms with Crippen LogP contribution in [0, 0.1) is 0 Å². The molecule has 1 heterocycles. The molecule has 0 spiro atoms. The minimum absolute atomic E-state index is 0.961. The lowest BCUT2D eigenvalue weighted by atomic mass is 9.93. The lowest BCUT2D eigenvalue weighted by molar-refractivity contribution is 0.790. The fourth-order valence-corrected chi connectivity index (χ4v) is 2.77. The van der Waals surface area contributed by atoms with Gasteiger partial charge in [-0.15, -0.1) is 5.10 Å². The van der Waals surface area contributed by atoms with Gasteiger partial charge in [0, 0.05) is 5.56 Å². The SMILES string of the molecule is c1ccc(-c2cccc(-n3cnnn3)c2-c2ccccc2)cc1. The highest BCUT2D eigenvalue weighted by atomic mass is 15.5. The lowest BCUT2D eigenvalue weighted by Crippen LogP contribution is -2.00. The maximum absolute atomic E-state index is 4.06. The van der Waals surface area contributed by atoms with E-state index in [9.17, 15) is 0 Å². The molecule has 110 valence electrons. The average Bonchev–Trinajstić information content (AvgIpc) is 3.17. The molecular weight excluding hydrogens is 284 g/mol. The van der Waals surface area contributed by atoms with Crippen LogP contribution in [0.3, 0.4) is 0 Å². The first-order valence-corrected chi connectivity index (χ1v) is 7.41. The molecule has 0 aliphatic rings. The molecule has 3 aromatic carbocycles. The van der Waals surface area contributed by atoms with E-state index in [0.717, 1.165) is 22.4 Å². The fourth-order valence-electron chi connectivity index (χ4n) is 2.77. The van der Waals surface area contributed by atoms with Crippen molar-refractivity contribution in [3.63, 3.8) is 0 Å². The molecule has 0 aliphatic carbocycles. The third-order valence-electron chi connectivity index (χ3n) is 3.79. The largest absolute Gasteiger partial charge is 0.200 e. The van der Waals surface area contributed by atoms with E-state index in [2.05, 4.69) is 45.9 Å². The Morgan fingerprint density at radius 2 is 1.35 bits per heavy atom. The van der Waals surface area contributed by atoms with E-state index < -0.39 is 0 Å². The molecular formula is C19H14N4. The summed E-state index contributed by atoms with van der Waals surface area (Å²) >= 11 is 0. The van der Waals surface area contributed by atoms with Gasteiger partial charge in [0.1, 0.15) is 6.33 Å². The second kappa shape index (κ2) is 5.85. The summed E-state index contributed by atoms with van der Waals surface area (Å²) in [6.45, 7) is 0. The summed E-state index contributed by atoms with van der Waals surface area (Å²) in [5.74, 6) is 0. The molecule has 0 bridgehead atoms. The zero-order chi connectivity index (χ0) is 15.5. The second-order valence-electron chi connectivity index (χ2n) is 5.19. The second-order valence-corrected chi connectivity index (χ2v) is 5.19. The van der Waals surface area contributed by atoms with E-state index in [4.69, 9.17) is 0 Å². The van der Waals surface area contributed by atoms with Gasteiger partial charge in [0.25, 0.3) is 0 Å². The molecule has 4 heteroatoms. The van der Waals surface area contributed by atoms with Crippen LogP contribution < -0.4 is 0 Å². The number of aromatic nitrogens is 4. The number of hydrogen-bond donors (Lipinski definition) is 0. The number of tetrazole rings is 1. The van der Waals surface area contributed by atoms with Crippen LogP contribution in [0.4, 0.5) is 0 Å². The Morgan fingerprint density at radius 3 is 2.00 bits per heavy atom. The predicted octanol–water partition coefficient (Wildman–Crippen LogP) is 4.00. The smallest absolute Gasteiger partial charge is 0.143 e. The number of benzene rings is 3. The molecule has 0 atom stereocenters. The molecule has 0 amide bonds. The van der Waals surface area contributed by atoms with E-state index in [1.165, 1.54) is 5.56 Å². The Hall–Kier alpha value is -3.27. The predicted molar refractivity (Wildman–Crippen MR) is 90.0 cm³/mol. The van der Waals surface area contributed by atoms with Gasteiger partial charge in [0.2, 0.25) is 0 Å². The van der Waals surface area contributed by atoms with Crippen molar-refractivity contribution in [3.05, 3.63) is 85.2 Å². The highest BCUT2D eigenvalue weighted by molar-refractivity contribution is 5.88. The summed E-state index contributed by atoms with van der Waals surface area (Å²) in [5, 5.41) is 11.6. The van der Waals surface area contributed by atoms with E-state index in [0.29, 0.717) is 0 Å². The molecule has 23 heavy (non-hydrogen) atoms. The molecule has 0 N–H and O–H groups in total. The van der Waals surface area contributed by atoms with Crippen LogP contribution in [0.2, 0.25) is 0 Å². The van der Waals surface area contributed by atoms with Crippen LogP contribution in [-0.4, -0.2) is 20.2 Å². The van der Waals surface area contributed by atoms with Crippen LogP contribution in [0.25, 0.3) is 27.9 Å². The first-order valence-electron chi connectivity index (χ1n) is 7.41. The molecule has 0 saturated heterocycles. The first-order chi connectivity index (χ1) is 11.4. The molecule has 0 radical (unpaired) electrons. The van der Waals surface area contributed by atoms with E-state index in [1.807, 2.05) is 48.5 Å². The zero-order valence-corrected chi connectivity index (χ0v) is 12.4. The quantitative estimate of drug-likeness (QED) is 0.574. The third kappa shape index (κ3) is 2.51. The van der Waals surface area contributed by atoms with Gasteiger partial charge in [-0.25, -0.2) is 0 Å². The molecule has 4 rings (SSSR count). The van der Waals surface area contributed by atoms with Crippen LogP contribution in [0.5, 0.6) is 0 Å². The summed E-state index contributed by atoms with van der Waals surface area (Å²) in [7, 11) is 0. The van der Waals surface area contributed by atoms with Crippen molar-refractivity contribution in [3.8, 4) is 27.9 Å². The van der Waals surface area contributed by atoms with Crippen molar-refractivity contribution in [2.75, 3.05) is 0 Å². The molecule has 0 unspecified atom stereocenters. The average molecular weight is 298 g/mol. The lowest BCUT2D eigenvalue weighted by Gasteiger charge is -2.15. The fraction of sp³-hybridized carbons (Fsp3) is 0. The van der Waals surface area contributed by atoms with Gasteiger partial charge in [0.15, 0.2) is 0 Å². The van der Waals surface area contributed by atoms with Gasteiger partial charge in [0.05, 0.1) is 5.69 Å². The van der Waals surface area contributed by atoms with Gasteiger partial charge in [-0.2, -0.15) is 4.68 Å². The summed E-state index contributed by atoms with van der Waals surface area (Å²) < 4.78 is 1.70. The Balaban J connectivity index is 2.02. The van der Waals surface area contributed by atoms with E-state index >= 15 is 0 Å². The minimum Gasteiger partial charge on any atom is -0.200 e. The van der Waals surface area contributed by atoms with Crippen molar-refractivity contribution in [2.24, 2.45) is 0 Å². The normalized spacial score (nSPS) is 10.6. The monoisotopic (exact) mass is 298 g/mol. The maximum Gasteiger partial charge on any atom is 0.143 e. The van der Waals surface area contributed by atoms with Crippen molar-refractivity contribution >= 4 is 0 Å². The summed E-state index contributed by atoms with van der Waals surface area (Å²) in [4.78, 5) is 0.